The number of aliphatic hydroxyl groups excluding tert-OH is 1. The van der Waals surface area contributed by atoms with Crippen LogP contribution in [0.4, 0.5) is 0 Å². The topological polar surface area (TPSA) is 62.2 Å². The third-order valence-electron chi connectivity index (χ3n) is 4.30. The highest BCUT2D eigenvalue weighted by Crippen LogP contribution is 2.39. The number of aliphatic hydroxyl groups is 1. The van der Waals surface area contributed by atoms with Gasteiger partial charge in [-0.3, -0.25) is 9.78 Å². The summed E-state index contributed by atoms with van der Waals surface area (Å²) in [6.45, 7) is 3.83. The van der Waals surface area contributed by atoms with Crippen molar-refractivity contribution in [3.05, 3.63) is 41.6 Å². The van der Waals surface area contributed by atoms with Gasteiger partial charge in [0.25, 0.3) is 5.91 Å². The minimum absolute atomic E-state index is 0.0300. The average molecular weight is 284 g/mol. The smallest absolute Gasteiger partial charge is 0.251 e. The molecule has 1 aromatic carbocycles. The molecule has 1 aromatic heterocycles. The predicted molar refractivity (Wildman–Crippen MR) is 82.2 cm³/mol. The molecule has 1 aliphatic carbocycles. The van der Waals surface area contributed by atoms with E-state index in [1.54, 1.807) is 6.07 Å². The summed E-state index contributed by atoms with van der Waals surface area (Å²) in [6.07, 6.45) is 2.14. The van der Waals surface area contributed by atoms with Gasteiger partial charge in [0, 0.05) is 16.6 Å². The van der Waals surface area contributed by atoms with Gasteiger partial charge < -0.3 is 10.4 Å². The lowest BCUT2D eigenvalue weighted by Gasteiger charge is -2.28. The zero-order valence-electron chi connectivity index (χ0n) is 12.4. The number of hydrogen-bond acceptors (Lipinski definition) is 3. The van der Waals surface area contributed by atoms with Crippen molar-refractivity contribution in [1.29, 1.82) is 0 Å². The Kier molecular flexibility index (Phi) is 3.41. The maximum atomic E-state index is 12.4. The first-order valence-corrected chi connectivity index (χ1v) is 7.33. The summed E-state index contributed by atoms with van der Waals surface area (Å²) >= 11 is 0. The Hall–Kier alpha value is -1.94. The average Bonchev–Trinajstić information content (AvgIpc) is 3.31. The predicted octanol–water partition coefficient (Wildman–Crippen LogP) is 2.43. The van der Waals surface area contributed by atoms with Crippen LogP contribution in [0.1, 0.15) is 35.8 Å². The molecule has 4 nitrogen and oxygen atoms in total. The van der Waals surface area contributed by atoms with Crippen LogP contribution in [0.5, 0.6) is 0 Å². The Labute approximate surface area is 124 Å². The summed E-state index contributed by atoms with van der Waals surface area (Å²) < 4.78 is 0. The SMILES string of the molecule is Cc1ccc2cc(C(=O)NC(C)(CO)C3CC3)ccc2n1. The number of fused-ring (bicyclic) bond motifs is 1. The van der Waals surface area contributed by atoms with E-state index in [0.29, 0.717) is 11.5 Å². The van der Waals surface area contributed by atoms with E-state index < -0.39 is 5.54 Å². The molecule has 0 bridgehead atoms. The van der Waals surface area contributed by atoms with Crippen LogP contribution in [0.15, 0.2) is 30.3 Å². The van der Waals surface area contributed by atoms with E-state index in [1.807, 2.05) is 38.1 Å². The molecule has 1 unspecified atom stereocenters. The number of carbonyl (C=O) groups excluding carboxylic acids is 1. The van der Waals surface area contributed by atoms with E-state index in [-0.39, 0.29) is 12.5 Å². The quantitative estimate of drug-likeness (QED) is 0.906. The van der Waals surface area contributed by atoms with Crippen molar-refractivity contribution in [2.45, 2.75) is 32.2 Å². The van der Waals surface area contributed by atoms with Gasteiger partial charge in [0.1, 0.15) is 0 Å². The molecule has 1 saturated carbocycles. The number of benzene rings is 1. The summed E-state index contributed by atoms with van der Waals surface area (Å²) in [7, 11) is 0. The highest BCUT2D eigenvalue weighted by Gasteiger charge is 2.42. The molecule has 21 heavy (non-hydrogen) atoms. The second-order valence-corrected chi connectivity index (χ2v) is 6.16. The molecule has 0 saturated heterocycles. The van der Waals surface area contributed by atoms with Gasteiger partial charge in [0.15, 0.2) is 0 Å². The summed E-state index contributed by atoms with van der Waals surface area (Å²) in [5, 5.41) is 13.5. The molecule has 0 radical (unpaired) electrons. The van der Waals surface area contributed by atoms with E-state index in [4.69, 9.17) is 0 Å². The first kappa shape index (κ1) is 14.0. The number of carbonyl (C=O) groups is 1. The molecule has 1 heterocycles. The Bertz CT molecular complexity index is 694. The van der Waals surface area contributed by atoms with E-state index in [9.17, 15) is 9.90 Å². The van der Waals surface area contributed by atoms with E-state index in [2.05, 4.69) is 10.3 Å². The van der Waals surface area contributed by atoms with Crippen LogP contribution < -0.4 is 5.32 Å². The highest BCUT2D eigenvalue weighted by molar-refractivity contribution is 5.98. The lowest BCUT2D eigenvalue weighted by molar-refractivity contribution is 0.0824. The van der Waals surface area contributed by atoms with Crippen molar-refractivity contribution in [3.8, 4) is 0 Å². The Balaban J connectivity index is 1.86. The highest BCUT2D eigenvalue weighted by atomic mass is 16.3. The lowest BCUT2D eigenvalue weighted by Crippen LogP contribution is -2.50. The fourth-order valence-electron chi connectivity index (χ4n) is 2.69. The first-order valence-electron chi connectivity index (χ1n) is 7.33. The first-order chi connectivity index (χ1) is 10.0. The summed E-state index contributed by atoms with van der Waals surface area (Å²) in [4.78, 5) is 16.9. The maximum Gasteiger partial charge on any atom is 0.251 e. The zero-order valence-corrected chi connectivity index (χ0v) is 12.4. The minimum Gasteiger partial charge on any atom is -0.394 e. The fourth-order valence-corrected chi connectivity index (χ4v) is 2.69. The maximum absolute atomic E-state index is 12.4. The van der Waals surface area contributed by atoms with Crippen molar-refractivity contribution in [3.63, 3.8) is 0 Å². The fraction of sp³-hybridized carbons (Fsp3) is 0.412. The van der Waals surface area contributed by atoms with Gasteiger partial charge in [-0.2, -0.15) is 0 Å². The molecule has 4 heteroatoms. The molecule has 2 aromatic rings. The zero-order chi connectivity index (χ0) is 15.0. The third kappa shape index (κ3) is 2.76. The molecule has 1 aliphatic rings. The summed E-state index contributed by atoms with van der Waals surface area (Å²) in [5.74, 6) is 0.247. The molecule has 110 valence electrons. The molecule has 2 N–H and O–H groups in total. The van der Waals surface area contributed by atoms with Crippen LogP contribution >= 0.6 is 0 Å². The number of aromatic nitrogens is 1. The number of hydrogen-bond donors (Lipinski definition) is 2. The van der Waals surface area contributed by atoms with Gasteiger partial charge in [-0.15, -0.1) is 0 Å². The van der Waals surface area contributed by atoms with Gasteiger partial charge in [-0.1, -0.05) is 6.07 Å². The molecule has 1 fully saturated rings. The van der Waals surface area contributed by atoms with Gasteiger partial charge >= 0.3 is 0 Å². The Morgan fingerprint density at radius 3 is 2.81 bits per heavy atom. The normalized spacial score (nSPS) is 17.5. The molecule has 0 aliphatic heterocycles. The molecular formula is C17H20N2O2. The minimum atomic E-state index is -0.516. The second-order valence-electron chi connectivity index (χ2n) is 6.16. The van der Waals surface area contributed by atoms with Crippen LogP contribution in [0.2, 0.25) is 0 Å². The van der Waals surface area contributed by atoms with Crippen LogP contribution in [0.3, 0.4) is 0 Å². The van der Waals surface area contributed by atoms with Gasteiger partial charge in [0.05, 0.1) is 17.7 Å². The number of aryl methyl sites for hydroxylation is 1. The lowest BCUT2D eigenvalue weighted by atomic mass is 9.96. The molecule has 1 atom stereocenters. The van der Waals surface area contributed by atoms with Gasteiger partial charge in [-0.25, -0.2) is 0 Å². The van der Waals surface area contributed by atoms with Crippen molar-refractivity contribution in [1.82, 2.24) is 10.3 Å². The molecule has 1 amide bonds. The monoisotopic (exact) mass is 284 g/mol. The third-order valence-corrected chi connectivity index (χ3v) is 4.30. The van der Waals surface area contributed by atoms with E-state index in [1.165, 1.54) is 0 Å². The number of rotatable bonds is 4. The number of amides is 1. The van der Waals surface area contributed by atoms with Crippen molar-refractivity contribution < 1.29 is 9.90 Å². The van der Waals surface area contributed by atoms with Crippen molar-refractivity contribution >= 4 is 16.8 Å². The largest absolute Gasteiger partial charge is 0.394 e. The van der Waals surface area contributed by atoms with Crippen LogP contribution in [-0.4, -0.2) is 28.1 Å². The second kappa shape index (κ2) is 5.11. The van der Waals surface area contributed by atoms with Crippen LogP contribution in [0, 0.1) is 12.8 Å². The van der Waals surface area contributed by atoms with Crippen molar-refractivity contribution in [2.75, 3.05) is 6.61 Å². The standard InChI is InChI=1S/C17H20N2O2/c1-11-3-4-12-9-13(5-8-15(12)18-11)16(21)19-17(2,10-20)14-6-7-14/h3-5,8-9,14,20H,6-7,10H2,1-2H3,(H,19,21). The Morgan fingerprint density at radius 1 is 1.38 bits per heavy atom. The number of nitrogens with one attached hydrogen (secondary N) is 1. The Morgan fingerprint density at radius 2 is 2.14 bits per heavy atom. The van der Waals surface area contributed by atoms with E-state index >= 15 is 0 Å². The van der Waals surface area contributed by atoms with Crippen LogP contribution in [-0.2, 0) is 0 Å². The molecule has 0 spiro atoms. The van der Waals surface area contributed by atoms with Gasteiger partial charge in [0.2, 0.25) is 0 Å². The van der Waals surface area contributed by atoms with Gasteiger partial charge in [-0.05, 0) is 56.9 Å². The summed E-state index contributed by atoms with van der Waals surface area (Å²) in [6, 6.07) is 9.41. The van der Waals surface area contributed by atoms with Crippen molar-refractivity contribution in [2.24, 2.45) is 5.92 Å². The number of nitrogens with zero attached hydrogens (tertiary/aromatic N) is 1. The summed E-state index contributed by atoms with van der Waals surface area (Å²) in [5.41, 5.74) is 1.94. The van der Waals surface area contributed by atoms with Crippen LogP contribution in [0.25, 0.3) is 10.9 Å². The van der Waals surface area contributed by atoms with E-state index in [0.717, 1.165) is 29.4 Å². The molecule has 3 rings (SSSR count). The molecular weight excluding hydrogens is 264 g/mol. The number of pyridine rings is 1.